The van der Waals surface area contributed by atoms with Gasteiger partial charge in [0.15, 0.2) is 0 Å². The molecule has 6 heteroatoms. The number of nitrogens with one attached hydrogen (secondary N) is 2. The fraction of sp³-hybridized carbons (Fsp3) is 0.200. The molecule has 2 amide bonds. The molecule has 0 radical (unpaired) electrons. The van der Waals surface area contributed by atoms with Gasteiger partial charge in [-0.05, 0) is 67.1 Å². The summed E-state index contributed by atoms with van der Waals surface area (Å²) >= 11 is 0. The largest absolute Gasteiger partial charge is 0.490 e. The summed E-state index contributed by atoms with van der Waals surface area (Å²) in [6.45, 7) is 3.46. The molecule has 3 rings (SSSR count). The van der Waals surface area contributed by atoms with Crippen molar-refractivity contribution in [3.8, 4) is 11.5 Å². The van der Waals surface area contributed by atoms with Crippen LogP contribution < -0.4 is 20.1 Å². The number of carbonyl (C=O) groups is 2. The van der Waals surface area contributed by atoms with E-state index in [1.165, 1.54) is 0 Å². The van der Waals surface area contributed by atoms with E-state index >= 15 is 0 Å². The molecule has 0 fully saturated rings. The van der Waals surface area contributed by atoms with Crippen molar-refractivity contribution < 1.29 is 19.1 Å². The van der Waals surface area contributed by atoms with Crippen molar-refractivity contribution in [1.82, 2.24) is 5.32 Å². The maximum atomic E-state index is 12.5. The number of carbonyl (C=O) groups excluding carboxylic acids is 2. The van der Waals surface area contributed by atoms with Crippen molar-refractivity contribution >= 4 is 17.5 Å². The van der Waals surface area contributed by atoms with E-state index in [1.54, 1.807) is 48.5 Å². The van der Waals surface area contributed by atoms with Gasteiger partial charge >= 0.3 is 0 Å². The molecule has 2 N–H and O–H groups in total. The molecule has 6 nitrogen and oxygen atoms in total. The molecular weight excluding hydrogens is 392 g/mol. The maximum Gasteiger partial charge on any atom is 0.255 e. The molecule has 0 aliphatic rings. The number of hydrogen-bond acceptors (Lipinski definition) is 4. The molecule has 0 bridgehead atoms. The van der Waals surface area contributed by atoms with Crippen molar-refractivity contribution in [3.63, 3.8) is 0 Å². The van der Waals surface area contributed by atoms with Crippen molar-refractivity contribution in [2.45, 2.75) is 13.3 Å². The number of rotatable bonds is 10. The molecule has 0 spiro atoms. The van der Waals surface area contributed by atoms with E-state index in [0.717, 1.165) is 12.2 Å². The van der Waals surface area contributed by atoms with Crippen LogP contribution in [0.3, 0.4) is 0 Å². The average Bonchev–Trinajstić information content (AvgIpc) is 2.82. The third kappa shape index (κ3) is 6.89. The number of ether oxygens (including phenoxy) is 2. The topological polar surface area (TPSA) is 76.7 Å². The number of amides is 2. The average molecular weight is 418 g/mol. The Balaban J connectivity index is 1.45. The fourth-order valence-corrected chi connectivity index (χ4v) is 2.79. The lowest BCUT2D eigenvalue weighted by Crippen LogP contribution is -2.23. The number of benzene rings is 3. The molecule has 0 saturated heterocycles. The second-order valence-electron chi connectivity index (χ2n) is 6.82. The first-order valence-electron chi connectivity index (χ1n) is 10.3. The minimum absolute atomic E-state index is 0.121. The quantitative estimate of drug-likeness (QED) is 0.474. The number of anilines is 1. The summed E-state index contributed by atoms with van der Waals surface area (Å²) in [6, 6.07) is 23.3. The highest BCUT2D eigenvalue weighted by molar-refractivity contribution is 6.04. The van der Waals surface area contributed by atoms with E-state index in [4.69, 9.17) is 9.47 Å². The van der Waals surface area contributed by atoms with E-state index in [2.05, 4.69) is 10.6 Å². The third-order valence-electron chi connectivity index (χ3n) is 4.42. The van der Waals surface area contributed by atoms with Crippen molar-refractivity contribution in [2.75, 3.05) is 25.1 Å². The van der Waals surface area contributed by atoms with E-state index in [9.17, 15) is 9.59 Å². The molecular formula is C25H26N2O4. The van der Waals surface area contributed by atoms with Gasteiger partial charge in [-0.2, -0.15) is 0 Å². The summed E-state index contributed by atoms with van der Waals surface area (Å²) in [4.78, 5) is 24.4. The normalized spacial score (nSPS) is 10.2. The van der Waals surface area contributed by atoms with E-state index < -0.39 is 0 Å². The predicted molar refractivity (Wildman–Crippen MR) is 121 cm³/mol. The van der Waals surface area contributed by atoms with Gasteiger partial charge in [-0.3, -0.25) is 9.59 Å². The highest BCUT2D eigenvalue weighted by atomic mass is 16.5. The molecule has 0 unspecified atom stereocenters. The Morgan fingerprint density at radius 2 is 1.26 bits per heavy atom. The van der Waals surface area contributed by atoms with Crippen LogP contribution in [0.5, 0.6) is 11.5 Å². The summed E-state index contributed by atoms with van der Waals surface area (Å²) in [5, 5.41) is 5.65. The van der Waals surface area contributed by atoms with Gasteiger partial charge < -0.3 is 20.1 Å². The number of para-hydroxylation sites is 1. The Labute approximate surface area is 182 Å². The Bertz CT molecular complexity index is 971. The van der Waals surface area contributed by atoms with Crippen LogP contribution in [0.1, 0.15) is 34.1 Å². The fourth-order valence-electron chi connectivity index (χ4n) is 2.79. The second-order valence-corrected chi connectivity index (χ2v) is 6.82. The van der Waals surface area contributed by atoms with Gasteiger partial charge in [0, 0.05) is 23.4 Å². The van der Waals surface area contributed by atoms with Crippen LogP contribution in [0.4, 0.5) is 5.69 Å². The van der Waals surface area contributed by atoms with Gasteiger partial charge in [-0.15, -0.1) is 0 Å². The standard InChI is InChI=1S/C25H26N2O4/c1-2-16-26-24(28)19-8-12-21(13-9-19)27-25(29)20-10-14-23(15-11-20)31-18-17-30-22-6-4-3-5-7-22/h3-15H,2,16-18H2,1H3,(H,26,28)(H,27,29). The SMILES string of the molecule is CCCNC(=O)c1ccc(NC(=O)c2ccc(OCCOc3ccccc3)cc2)cc1. The van der Waals surface area contributed by atoms with Gasteiger partial charge in [0.2, 0.25) is 0 Å². The molecule has 0 atom stereocenters. The van der Waals surface area contributed by atoms with Crippen LogP contribution in [-0.2, 0) is 0 Å². The van der Waals surface area contributed by atoms with E-state index in [1.807, 2.05) is 37.3 Å². The molecule has 3 aromatic carbocycles. The first kappa shape index (κ1) is 21.9. The lowest BCUT2D eigenvalue weighted by Gasteiger charge is -2.10. The van der Waals surface area contributed by atoms with Gasteiger partial charge in [0.05, 0.1) is 0 Å². The Morgan fingerprint density at radius 3 is 1.87 bits per heavy atom. The molecule has 160 valence electrons. The zero-order valence-corrected chi connectivity index (χ0v) is 17.5. The summed E-state index contributed by atoms with van der Waals surface area (Å²) in [7, 11) is 0. The van der Waals surface area contributed by atoms with Gasteiger partial charge in [0.1, 0.15) is 24.7 Å². The summed E-state index contributed by atoms with van der Waals surface area (Å²) < 4.78 is 11.2. The smallest absolute Gasteiger partial charge is 0.255 e. The van der Waals surface area contributed by atoms with Crippen LogP contribution in [0, 0.1) is 0 Å². The maximum absolute atomic E-state index is 12.5. The third-order valence-corrected chi connectivity index (χ3v) is 4.42. The molecule has 0 saturated carbocycles. The summed E-state index contributed by atoms with van der Waals surface area (Å²) in [5.41, 5.74) is 1.69. The van der Waals surface area contributed by atoms with Crippen molar-refractivity contribution in [1.29, 1.82) is 0 Å². The lowest BCUT2D eigenvalue weighted by molar-refractivity contribution is 0.0953. The zero-order chi connectivity index (χ0) is 21.9. The monoisotopic (exact) mass is 418 g/mol. The first-order chi connectivity index (χ1) is 15.2. The Morgan fingerprint density at radius 1 is 0.710 bits per heavy atom. The minimum Gasteiger partial charge on any atom is -0.490 e. The molecule has 0 aliphatic carbocycles. The molecule has 0 aromatic heterocycles. The summed E-state index contributed by atoms with van der Waals surface area (Å²) in [5.74, 6) is 1.11. The number of hydrogen-bond donors (Lipinski definition) is 2. The van der Waals surface area contributed by atoms with Crippen molar-refractivity contribution in [2.24, 2.45) is 0 Å². The van der Waals surface area contributed by atoms with Crippen LogP contribution in [0.2, 0.25) is 0 Å². The second kappa shape index (κ2) is 11.4. The molecule has 3 aromatic rings. The minimum atomic E-state index is -0.234. The van der Waals surface area contributed by atoms with Crippen LogP contribution in [0.25, 0.3) is 0 Å². The van der Waals surface area contributed by atoms with Crippen molar-refractivity contribution in [3.05, 3.63) is 90.0 Å². The predicted octanol–water partition coefficient (Wildman–Crippen LogP) is 4.54. The Kier molecular flexibility index (Phi) is 8.05. The lowest BCUT2D eigenvalue weighted by atomic mass is 10.1. The molecule has 31 heavy (non-hydrogen) atoms. The highest BCUT2D eigenvalue weighted by Crippen LogP contribution is 2.15. The van der Waals surface area contributed by atoms with Crippen LogP contribution in [-0.4, -0.2) is 31.6 Å². The first-order valence-corrected chi connectivity index (χ1v) is 10.3. The van der Waals surface area contributed by atoms with Crippen LogP contribution >= 0.6 is 0 Å². The van der Waals surface area contributed by atoms with Gasteiger partial charge in [0.25, 0.3) is 11.8 Å². The van der Waals surface area contributed by atoms with E-state index in [-0.39, 0.29) is 11.8 Å². The Hall–Kier alpha value is -3.80. The summed E-state index contributed by atoms with van der Waals surface area (Å²) in [6.07, 6.45) is 0.880. The van der Waals surface area contributed by atoms with E-state index in [0.29, 0.717) is 42.3 Å². The highest BCUT2D eigenvalue weighted by Gasteiger charge is 2.08. The van der Waals surface area contributed by atoms with Crippen LogP contribution in [0.15, 0.2) is 78.9 Å². The molecule has 0 aliphatic heterocycles. The van der Waals surface area contributed by atoms with Gasteiger partial charge in [-0.25, -0.2) is 0 Å². The molecule has 0 heterocycles. The zero-order valence-electron chi connectivity index (χ0n) is 17.5. The van der Waals surface area contributed by atoms with Gasteiger partial charge in [-0.1, -0.05) is 25.1 Å².